The van der Waals surface area contributed by atoms with Gasteiger partial charge in [-0.05, 0) is 36.6 Å². The molecule has 0 bridgehead atoms. The van der Waals surface area contributed by atoms with Crippen LogP contribution in [0.5, 0.6) is 5.75 Å². The van der Waals surface area contributed by atoms with Crippen LogP contribution in [0.4, 0.5) is 0 Å². The van der Waals surface area contributed by atoms with Gasteiger partial charge in [-0.3, -0.25) is 5.10 Å². The van der Waals surface area contributed by atoms with Gasteiger partial charge in [-0.25, -0.2) is 0 Å². The molecule has 0 spiro atoms. The van der Waals surface area contributed by atoms with Gasteiger partial charge in [-0.2, -0.15) is 5.10 Å². The second kappa shape index (κ2) is 7.18. The molecule has 1 aromatic carbocycles. The number of benzene rings is 1. The average molecular weight is 315 g/mol. The van der Waals surface area contributed by atoms with Crippen LogP contribution in [-0.2, 0) is 5.41 Å². The molecular weight excluding hydrogens is 286 g/mol. The van der Waals surface area contributed by atoms with E-state index in [1.165, 1.54) is 5.56 Å². The Morgan fingerprint density at radius 2 is 2.00 bits per heavy atom. The molecule has 1 atom stereocenters. The highest BCUT2D eigenvalue weighted by atomic mass is 16.5. The first-order chi connectivity index (χ1) is 10.9. The van der Waals surface area contributed by atoms with E-state index in [-0.39, 0.29) is 11.3 Å². The Bertz CT molecular complexity index is 640. The fourth-order valence-corrected chi connectivity index (χ4v) is 2.61. The molecule has 1 aromatic heterocycles. The summed E-state index contributed by atoms with van der Waals surface area (Å²) in [6.45, 7) is 12.0. The standard InChI is InChI=1S/C19H29N3O/c1-6-9-23-17-8-7-14(10-13(17)2)15(12-20)16-11-18(22-21-16)19(3,4)5/h7-8,10-11,15H,6,9,12,20H2,1-5H3,(H,21,22). The number of rotatable bonds is 6. The topological polar surface area (TPSA) is 63.9 Å². The van der Waals surface area contributed by atoms with E-state index in [0.29, 0.717) is 6.54 Å². The molecule has 23 heavy (non-hydrogen) atoms. The summed E-state index contributed by atoms with van der Waals surface area (Å²) in [5, 5.41) is 7.63. The van der Waals surface area contributed by atoms with E-state index in [4.69, 9.17) is 10.5 Å². The Labute approximate surface area is 139 Å². The van der Waals surface area contributed by atoms with Gasteiger partial charge in [0.05, 0.1) is 12.3 Å². The molecule has 1 unspecified atom stereocenters. The van der Waals surface area contributed by atoms with Crippen LogP contribution in [0.15, 0.2) is 24.3 Å². The van der Waals surface area contributed by atoms with Gasteiger partial charge >= 0.3 is 0 Å². The first-order valence-electron chi connectivity index (χ1n) is 8.36. The highest BCUT2D eigenvalue weighted by molar-refractivity contribution is 5.40. The number of nitrogens with zero attached hydrogens (tertiary/aromatic N) is 1. The van der Waals surface area contributed by atoms with Crippen LogP contribution in [0.1, 0.15) is 62.5 Å². The van der Waals surface area contributed by atoms with Crippen LogP contribution in [-0.4, -0.2) is 23.3 Å². The molecule has 2 aromatic rings. The van der Waals surface area contributed by atoms with Gasteiger partial charge in [0.2, 0.25) is 0 Å². The minimum atomic E-state index is 0.0294. The van der Waals surface area contributed by atoms with Gasteiger partial charge in [-0.15, -0.1) is 0 Å². The van der Waals surface area contributed by atoms with Crippen molar-refractivity contribution in [1.29, 1.82) is 0 Å². The van der Waals surface area contributed by atoms with Crippen molar-refractivity contribution in [2.75, 3.05) is 13.2 Å². The summed E-state index contributed by atoms with van der Waals surface area (Å²) in [5.74, 6) is 1.07. The zero-order valence-electron chi connectivity index (χ0n) is 14.9. The normalized spacial score (nSPS) is 13.1. The average Bonchev–Trinajstić information content (AvgIpc) is 2.97. The Morgan fingerprint density at radius 1 is 1.26 bits per heavy atom. The lowest BCUT2D eigenvalue weighted by Crippen LogP contribution is -2.15. The number of hydrogen-bond donors (Lipinski definition) is 2. The number of ether oxygens (including phenoxy) is 1. The first-order valence-corrected chi connectivity index (χ1v) is 8.36. The smallest absolute Gasteiger partial charge is 0.122 e. The number of aromatic amines is 1. The van der Waals surface area contributed by atoms with Crippen molar-refractivity contribution < 1.29 is 4.74 Å². The number of aromatic nitrogens is 2. The first kappa shape index (κ1) is 17.5. The molecule has 126 valence electrons. The van der Waals surface area contributed by atoms with Crippen molar-refractivity contribution in [2.45, 2.75) is 52.4 Å². The highest BCUT2D eigenvalue weighted by Crippen LogP contribution is 2.29. The fourth-order valence-electron chi connectivity index (χ4n) is 2.61. The molecule has 0 fully saturated rings. The molecule has 1 heterocycles. The van der Waals surface area contributed by atoms with Gasteiger partial charge in [-0.1, -0.05) is 39.8 Å². The quantitative estimate of drug-likeness (QED) is 0.850. The second-order valence-electron chi connectivity index (χ2n) is 7.12. The maximum Gasteiger partial charge on any atom is 0.122 e. The SMILES string of the molecule is CCCOc1ccc(C(CN)c2cc(C(C)(C)C)n[nH]2)cc1C. The van der Waals surface area contributed by atoms with Crippen molar-refractivity contribution in [3.05, 3.63) is 46.8 Å². The molecule has 0 radical (unpaired) electrons. The monoisotopic (exact) mass is 315 g/mol. The van der Waals surface area contributed by atoms with Crippen molar-refractivity contribution in [3.63, 3.8) is 0 Å². The second-order valence-corrected chi connectivity index (χ2v) is 7.12. The molecule has 0 aliphatic heterocycles. The van der Waals surface area contributed by atoms with E-state index in [0.717, 1.165) is 35.7 Å². The van der Waals surface area contributed by atoms with Gasteiger partial charge in [0.15, 0.2) is 0 Å². The minimum Gasteiger partial charge on any atom is -0.493 e. The maximum absolute atomic E-state index is 6.04. The zero-order chi connectivity index (χ0) is 17.0. The summed E-state index contributed by atoms with van der Waals surface area (Å²) < 4.78 is 5.76. The number of nitrogens with one attached hydrogen (secondary N) is 1. The summed E-state index contributed by atoms with van der Waals surface area (Å²) >= 11 is 0. The van der Waals surface area contributed by atoms with Gasteiger partial charge < -0.3 is 10.5 Å². The lowest BCUT2D eigenvalue weighted by Gasteiger charge is -2.17. The Balaban J connectivity index is 2.27. The molecule has 0 aliphatic carbocycles. The molecule has 0 saturated heterocycles. The van der Waals surface area contributed by atoms with Gasteiger partial charge in [0.25, 0.3) is 0 Å². The molecule has 2 rings (SSSR count). The summed E-state index contributed by atoms with van der Waals surface area (Å²) in [6.07, 6.45) is 1.01. The van der Waals surface area contributed by atoms with Crippen LogP contribution in [0, 0.1) is 6.92 Å². The molecule has 4 nitrogen and oxygen atoms in total. The fraction of sp³-hybridized carbons (Fsp3) is 0.526. The van der Waals surface area contributed by atoms with E-state index < -0.39 is 0 Å². The molecular formula is C19H29N3O. The predicted octanol–water partition coefficient (Wildman–Crippen LogP) is 3.90. The van der Waals surface area contributed by atoms with Crippen molar-refractivity contribution in [1.82, 2.24) is 10.2 Å². The third-order valence-corrected chi connectivity index (χ3v) is 4.04. The molecule has 0 amide bonds. The number of nitrogens with two attached hydrogens (primary N) is 1. The van der Waals surface area contributed by atoms with Crippen LogP contribution < -0.4 is 10.5 Å². The maximum atomic E-state index is 6.04. The van der Waals surface area contributed by atoms with Crippen molar-refractivity contribution >= 4 is 0 Å². The van der Waals surface area contributed by atoms with E-state index in [1.54, 1.807) is 0 Å². The minimum absolute atomic E-state index is 0.0294. The Hall–Kier alpha value is -1.81. The molecule has 4 heteroatoms. The van der Waals surface area contributed by atoms with Crippen LogP contribution in [0.3, 0.4) is 0 Å². The number of H-pyrrole nitrogens is 1. The lowest BCUT2D eigenvalue weighted by atomic mass is 9.89. The van der Waals surface area contributed by atoms with Gasteiger partial charge in [0.1, 0.15) is 5.75 Å². The van der Waals surface area contributed by atoms with Crippen LogP contribution in [0.2, 0.25) is 0 Å². The van der Waals surface area contributed by atoms with E-state index in [1.807, 2.05) is 6.07 Å². The number of aryl methyl sites for hydroxylation is 1. The van der Waals surface area contributed by atoms with E-state index in [2.05, 4.69) is 63.0 Å². The van der Waals surface area contributed by atoms with Gasteiger partial charge in [0, 0.05) is 23.6 Å². The molecule has 0 saturated carbocycles. The Morgan fingerprint density at radius 3 is 2.52 bits per heavy atom. The third-order valence-electron chi connectivity index (χ3n) is 4.04. The Kier molecular flexibility index (Phi) is 5.47. The lowest BCUT2D eigenvalue weighted by molar-refractivity contribution is 0.315. The summed E-state index contributed by atoms with van der Waals surface area (Å²) in [6, 6.07) is 8.45. The van der Waals surface area contributed by atoms with Crippen LogP contribution in [0.25, 0.3) is 0 Å². The third kappa shape index (κ3) is 4.14. The van der Waals surface area contributed by atoms with Crippen LogP contribution >= 0.6 is 0 Å². The zero-order valence-corrected chi connectivity index (χ0v) is 14.9. The van der Waals surface area contributed by atoms with E-state index in [9.17, 15) is 0 Å². The van der Waals surface area contributed by atoms with E-state index >= 15 is 0 Å². The summed E-state index contributed by atoms with van der Waals surface area (Å²) in [5.41, 5.74) is 10.5. The van der Waals surface area contributed by atoms with Crippen molar-refractivity contribution in [3.8, 4) is 5.75 Å². The molecule has 3 N–H and O–H groups in total. The summed E-state index contributed by atoms with van der Waals surface area (Å²) in [4.78, 5) is 0. The molecule has 0 aliphatic rings. The summed E-state index contributed by atoms with van der Waals surface area (Å²) in [7, 11) is 0. The van der Waals surface area contributed by atoms with Crippen molar-refractivity contribution in [2.24, 2.45) is 5.73 Å². The highest BCUT2D eigenvalue weighted by Gasteiger charge is 2.21. The number of hydrogen-bond acceptors (Lipinski definition) is 3. The predicted molar refractivity (Wildman–Crippen MR) is 95.2 cm³/mol. The largest absolute Gasteiger partial charge is 0.493 e.